The fourth-order valence-corrected chi connectivity index (χ4v) is 2.95. The predicted molar refractivity (Wildman–Crippen MR) is 99.8 cm³/mol. The molecule has 4 rings (SSSR count). The van der Waals surface area contributed by atoms with Crippen LogP contribution in [0.1, 0.15) is 28.8 Å². The van der Waals surface area contributed by atoms with Crippen LogP contribution in [-0.2, 0) is 6.42 Å². The van der Waals surface area contributed by atoms with Gasteiger partial charge < -0.3 is 15.6 Å². The van der Waals surface area contributed by atoms with Gasteiger partial charge in [0.1, 0.15) is 5.82 Å². The zero-order chi connectivity index (χ0) is 17.1. The molecule has 3 aromatic rings. The fourth-order valence-electron chi connectivity index (χ4n) is 2.95. The molecular formula is C20H22N4O. The van der Waals surface area contributed by atoms with Gasteiger partial charge in [-0.25, -0.2) is 4.98 Å². The number of fused-ring (bicyclic) bond motifs is 1. The maximum atomic E-state index is 12.2. The molecule has 1 fully saturated rings. The van der Waals surface area contributed by atoms with Crippen molar-refractivity contribution in [1.29, 1.82) is 0 Å². The molecule has 0 saturated heterocycles. The molecule has 2 aromatic heterocycles. The van der Waals surface area contributed by atoms with Crippen molar-refractivity contribution in [3.8, 4) is 0 Å². The van der Waals surface area contributed by atoms with E-state index < -0.39 is 0 Å². The number of pyridine rings is 1. The van der Waals surface area contributed by atoms with Crippen LogP contribution in [0.5, 0.6) is 0 Å². The third-order valence-corrected chi connectivity index (χ3v) is 4.65. The van der Waals surface area contributed by atoms with Gasteiger partial charge >= 0.3 is 0 Å². The van der Waals surface area contributed by atoms with E-state index in [4.69, 9.17) is 0 Å². The van der Waals surface area contributed by atoms with E-state index >= 15 is 0 Å². The summed E-state index contributed by atoms with van der Waals surface area (Å²) in [7, 11) is 0. The highest BCUT2D eigenvalue weighted by molar-refractivity contribution is 5.94. The molecule has 0 spiro atoms. The van der Waals surface area contributed by atoms with E-state index in [0.717, 1.165) is 30.2 Å². The minimum Gasteiger partial charge on any atom is -0.370 e. The van der Waals surface area contributed by atoms with Crippen molar-refractivity contribution in [1.82, 2.24) is 15.3 Å². The molecule has 0 aliphatic heterocycles. The van der Waals surface area contributed by atoms with Crippen molar-refractivity contribution in [3.63, 3.8) is 0 Å². The molecular weight excluding hydrogens is 312 g/mol. The zero-order valence-corrected chi connectivity index (χ0v) is 14.1. The number of H-pyrrole nitrogens is 1. The van der Waals surface area contributed by atoms with Gasteiger partial charge in [0.2, 0.25) is 0 Å². The van der Waals surface area contributed by atoms with Crippen LogP contribution in [0.4, 0.5) is 5.82 Å². The Balaban J connectivity index is 1.29. The lowest BCUT2D eigenvalue weighted by atomic mass is 10.1. The average molecular weight is 334 g/mol. The number of carbonyl (C=O) groups excluding carboxylic acids is 1. The van der Waals surface area contributed by atoms with Gasteiger partial charge in [-0.1, -0.05) is 18.2 Å². The first-order valence-corrected chi connectivity index (χ1v) is 8.83. The predicted octanol–water partition coefficient (Wildman–Crippen LogP) is 3.36. The third-order valence-electron chi connectivity index (χ3n) is 4.65. The number of benzene rings is 1. The van der Waals surface area contributed by atoms with Gasteiger partial charge in [0.15, 0.2) is 0 Å². The van der Waals surface area contributed by atoms with Crippen LogP contribution in [-0.4, -0.2) is 29.0 Å². The molecule has 1 saturated carbocycles. The van der Waals surface area contributed by atoms with Crippen LogP contribution in [0.15, 0.2) is 48.8 Å². The standard InChI is InChI=1S/C20H22N4O/c25-20(16-7-8-19(24-13-16)23-11-14-5-6-14)21-10-9-15-12-22-18-4-2-1-3-17(15)18/h1-4,7-8,12-14,22H,5-6,9-11H2,(H,21,25)(H,23,24). The minimum atomic E-state index is -0.0823. The van der Waals surface area contributed by atoms with Crippen LogP contribution >= 0.6 is 0 Å². The molecule has 1 aliphatic carbocycles. The van der Waals surface area contributed by atoms with Crippen molar-refractivity contribution in [2.45, 2.75) is 19.3 Å². The van der Waals surface area contributed by atoms with E-state index in [1.807, 2.05) is 30.5 Å². The van der Waals surface area contributed by atoms with E-state index in [0.29, 0.717) is 12.1 Å². The molecule has 0 atom stereocenters. The Labute approximate surface area is 146 Å². The Morgan fingerprint density at radius 1 is 1.20 bits per heavy atom. The number of carbonyl (C=O) groups is 1. The van der Waals surface area contributed by atoms with Gasteiger partial charge in [-0.2, -0.15) is 0 Å². The number of hydrogen-bond acceptors (Lipinski definition) is 3. The van der Waals surface area contributed by atoms with Gasteiger partial charge in [0, 0.05) is 36.4 Å². The summed E-state index contributed by atoms with van der Waals surface area (Å²) in [6, 6.07) is 11.9. The molecule has 0 bridgehead atoms. The van der Waals surface area contributed by atoms with E-state index in [1.165, 1.54) is 23.8 Å². The van der Waals surface area contributed by atoms with E-state index in [9.17, 15) is 4.79 Å². The number of amides is 1. The topological polar surface area (TPSA) is 69.8 Å². The summed E-state index contributed by atoms with van der Waals surface area (Å²) in [4.78, 5) is 19.8. The molecule has 0 unspecified atom stereocenters. The van der Waals surface area contributed by atoms with E-state index in [-0.39, 0.29) is 5.91 Å². The normalized spacial score (nSPS) is 13.8. The summed E-state index contributed by atoms with van der Waals surface area (Å²) in [6.45, 7) is 1.57. The lowest BCUT2D eigenvalue weighted by Gasteiger charge is -2.07. The smallest absolute Gasteiger partial charge is 0.252 e. The van der Waals surface area contributed by atoms with Crippen LogP contribution in [0, 0.1) is 5.92 Å². The largest absolute Gasteiger partial charge is 0.370 e. The monoisotopic (exact) mass is 334 g/mol. The van der Waals surface area contributed by atoms with E-state index in [2.05, 4.69) is 32.7 Å². The molecule has 1 aromatic carbocycles. The second-order valence-corrected chi connectivity index (χ2v) is 6.62. The SMILES string of the molecule is O=C(NCCc1c[nH]c2ccccc12)c1ccc(NCC2CC2)nc1. The van der Waals surface area contributed by atoms with Crippen molar-refractivity contribution >= 4 is 22.6 Å². The van der Waals surface area contributed by atoms with Crippen LogP contribution in [0.3, 0.4) is 0 Å². The number of rotatable bonds is 7. The average Bonchev–Trinajstić information content (AvgIpc) is 3.40. The van der Waals surface area contributed by atoms with Crippen molar-refractivity contribution < 1.29 is 4.79 Å². The third kappa shape index (κ3) is 3.82. The first-order valence-electron chi connectivity index (χ1n) is 8.83. The maximum Gasteiger partial charge on any atom is 0.252 e. The Morgan fingerprint density at radius 3 is 2.88 bits per heavy atom. The Hall–Kier alpha value is -2.82. The first kappa shape index (κ1) is 15.7. The Bertz CT molecular complexity index is 865. The first-order chi connectivity index (χ1) is 12.3. The number of nitrogens with one attached hydrogen (secondary N) is 3. The molecule has 1 aliphatic rings. The maximum absolute atomic E-state index is 12.2. The lowest BCUT2D eigenvalue weighted by Crippen LogP contribution is -2.25. The van der Waals surface area contributed by atoms with E-state index in [1.54, 1.807) is 6.20 Å². The highest BCUT2D eigenvalue weighted by Gasteiger charge is 2.20. The highest BCUT2D eigenvalue weighted by Crippen LogP contribution is 2.28. The number of aromatic nitrogens is 2. The molecule has 1 amide bonds. The van der Waals surface area contributed by atoms with Crippen molar-refractivity contribution in [2.75, 3.05) is 18.4 Å². The zero-order valence-electron chi connectivity index (χ0n) is 14.1. The summed E-state index contributed by atoms with van der Waals surface area (Å²) >= 11 is 0. The minimum absolute atomic E-state index is 0.0823. The molecule has 0 radical (unpaired) electrons. The second kappa shape index (κ2) is 6.97. The fraction of sp³-hybridized carbons (Fsp3) is 0.300. The molecule has 25 heavy (non-hydrogen) atoms. The van der Waals surface area contributed by atoms with Crippen LogP contribution in [0.2, 0.25) is 0 Å². The summed E-state index contributed by atoms with van der Waals surface area (Å²) < 4.78 is 0. The summed E-state index contributed by atoms with van der Waals surface area (Å²) in [5.41, 5.74) is 2.94. The lowest BCUT2D eigenvalue weighted by molar-refractivity contribution is 0.0954. The summed E-state index contributed by atoms with van der Waals surface area (Å²) in [6.07, 6.45) is 7.06. The molecule has 128 valence electrons. The number of hydrogen-bond donors (Lipinski definition) is 3. The molecule has 5 nitrogen and oxygen atoms in total. The van der Waals surface area contributed by atoms with Crippen LogP contribution < -0.4 is 10.6 Å². The second-order valence-electron chi connectivity index (χ2n) is 6.62. The van der Waals surface area contributed by atoms with Gasteiger partial charge in [-0.3, -0.25) is 4.79 Å². The van der Waals surface area contributed by atoms with Crippen LogP contribution in [0.25, 0.3) is 10.9 Å². The Morgan fingerprint density at radius 2 is 2.08 bits per heavy atom. The van der Waals surface area contributed by atoms with Gasteiger partial charge in [-0.05, 0) is 48.9 Å². The Kier molecular flexibility index (Phi) is 4.37. The van der Waals surface area contributed by atoms with Crippen molar-refractivity contribution in [3.05, 3.63) is 59.9 Å². The summed E-state index contributed by atoms with van der Waals surface area (Å²) in [5, 5.41) is 7.49. The molecule has 3 N–H and O–H groups in total. The van der Waals surface area contributed by atoms with Gasteiger partial charge in [0.25, 0.3) is 5.91 Å². The van der Waals surface area contributed by atoms with Crippen molar-refractivity contribution in [2.24, 2.45) is 5.92 Å². The summed E-state index contributed by atoms with van der Waals surface area (Å²) in [5.74, 6) is 1.55. The quantitative estimate of drug-likeness (QED) is 0.620. The van der Waals surface area contributed by atoms with Gasteiger partial charge in [0.05, 0.1) is 5.56 Å². The molecule has 5 heteroatoms. The number of anilines is 1. The van der Waals surface area contributed by atoms with Gasteiger partial charge in [-0.15, -0.1) is 0 Å². The number of aromatic amines is 1. The number of nitrogens with zero attached hydrogens (tertiary/aromatic N) is 1. The number of para-hydroxylation sites is 1. The highest BCUT2D eigenvalue weighted by atomic mass is 16.1. The molecule has 2 heterocycles.